The van der Waals surface area contributed by atoms with E-state index in [0.29, 0.717) is 53.3 Å². The number of alkyl halides is 3. The van der Waals surface area contributed by atoms with Crippen LogP contribution in [0.4, 0.5) is 13.2 Å². The molecule has 1 amide bonds. The van der Waals surface area contributed by atoms with Crippen molar-refractivity contribution >= 4 is 15.9 Å². The number of amides is 1. The SMILES string of the molecule is COc1cc(C)c(S(=O)(=O)N2CCCCC2CCCC(=O)N2Cc3c(C(F)(F)F)nn(C)c3C2)c(C)c1. The summed E-state index contributed by atoms with van der Waals surface area (Å²) in [4.78, 5) is 14.6. The van der Waals surface area contributed by atoms with Gasteiger partial charge in [0.1, 0.15) is 5.75 Å². The van der Waals surface area contributed by atoms with Crippen LogP contribution in [0, 0.1) is 13.8 Å². The maximum Gasteiger partial charge on any atom is 0.435 e. The number of carbonyl (C=O) groups excluding carboxylic acids is 1. The second-order valence-corrected chi connectivity index (χ2v) is 11.7. The quantitative estimate of drug-likeness (QED) is 0.520. The lowest BCUT2D eigenvalue weighted by Gasteiger charge is -2.35. The monoisotopic (exact) mass is 542 g/mol. The van der Waals surface area contributed by atoms with Crippen LogP contribution in [0.5, 0.6) is 5.75 Å². The molecular weight excluding hydrogens is 509 g/mol. The fourth-order valence-corrected chi connectivity index (χ4v) is 7.72. The number of aromatic nitrogens is 2. The molecule has 4 rings (SSSR count). The van der Waals surface area contributed by atoms with Crippen LogP contribution in [-0.2, 0) is 41.1 Å². The Morgan fingerprint density at radius 3 is 2.46 bits per heavy atom. The number of aryl methyl sites for hydroxylation is 3. The lowest BCUT2D eigenvalue weighted by molar-refractivity contribution is -0.143. The highest BCUT2D eigenvalue weighted by Crippen LogP contribution is 2.37. The number of piperidine rings is 1. The smallest absolute Gasteiger partial charge is 0.435 e. The average Bonchev–Trinajstić information content (AvgIpc) is 3.39. The Labute approximate surface area is 215 Å². The zero-order valence-electron chi connectivity index (χ0n) is 21.6. The summed E-state index contributed by atoms with van der Waals surface area (Å²) in [6.45, 7) is 3.91. The van der Waals surface area contributed by atoms with Gasteiger partial charge in [-0.05, 0) is 62.8 Å². The van der Waals surface area contributed by atoms with Gasteiger partial charge in [0.15, 0.2) is 5.69 Å². The number of fused-ring (bicyclic) bond motifs is 1. The molecule has 1 atom stereocenters. The maximum atomic E-state index is 13.7. The largest absolute Gasteiger partial charge is 0.497 e. The number of halogens is 3. The van der Waals surface area contributed by atoms with E-state index in [1.54, 1.807) is 30.3 Å². The Morgan fingerprint density at radius 2 is 1.84 bits per heavy atom. The first-order chi connectivity index (χ1) is 17.3. The Bertz CT molecular complexity index is 1270. The minimum absolute atomic E-state index is 0.0538. The lowest BCUT2D eigenvalue weighted by atomic mass is 9.99. The highest BCUT2D eigenvalue weighted by molar-refractivity contribution is 7.89. The average molecular weight is 543 g/mol. The summed E-state index contributed by atoms with van der Waals surface area (Å²) in [5, 5.41) is 3.58. The number of hydrogen-bond donors (Lipinski definition) is 0. The first kappa shape index (κ1) is 27.4. The van der Waals surface area contributed by atoms with Gasteiger partial charge in [-0.15, -0.1) is 0 Å². The number of sulfonamides is 1. The summed E-state index contributed by atoms with van der Waals surface area (Å²) in [6, 6.07) is 3.19. The molecule has 0 radical (unpaired) electrons. The van der Waals surface area contributed by atoms with Gasteiger partial charge >= 0.3 is 6.18 Å². The number of ether oxygens (including phenoxy) is 1. The third-order valence-electron chi connectivity index (χ3n) is 7.32. The molecule has 2 aliphatic heterocycles. The van der Waals surface area contributed by atoms with Crippen molar-refractivity contribution in [1.82, 2.24) is 19.0 Å². The van der Waals surface area contributed by atoms with E-state index in [9.17, 15) is 26.4 Å². The zero-order chi connectivity index (χ0) is 27.1. The number of methoxy groups -OCH3 is 1. The van der Waals surface area contributed by atoms with E-state index in [1.165, 1.54) is 23.7 Å². The molecule has 0 N–H and O–H groups in total. The molecule has 1 unspecified atom stereocenters. The molecule has 2 aliphatic rings. The van der Waals surface area contributed by atoms with Crippen LogP contribution in [0.1, 0.15) is 66.6 Å². The van der Waals surface area contributed by atoms with Crippen molar-refractivity contribution in [2.75, 3.05) is 13.7 Å². The highest BCUT2D eigenvalue weighted by atomic mass is 32.2. The van der Waals surface area contributed by atoms with Crippen LogP contribution < -0.4 is 4.74 Å². The van der Waals surface area contributed by atoms with Gasteiger partial charge in [-0.1, -0.05) is 6.42 Å². The summed E-state index contributed by atoms with van der Waals surface area (Å²) in [7, 11) is -0.760. The van der Waals surface area contributed by atoms with Gasteiger partial charge in [0, 0.05) is 31.6 Å². The van der Waals surface area contributed by atoms with E-state index in [-0.39, 0.29) is 37.0 Å². The molecule has 1 aromatic carbocycles. The van der Waals surface area contributed by atoms with Gasteiger partial charge in [0.05, 0.1) is 30.8 Å². The van der Waals surface area contributed by atoms with Crippen molar-refractivity contribution in [2.24, 2.45) is 7.05 Å². The van der Waals surface area contributed by atoms with E-state index in [2.05, 4.69) is 5.10 Å². The molecule has 204 valence electrons. The van der Waals surface area contributed by atoms with E-state index in [4.69, 9.17) is 4.74 Å². The molecule has 8 nitrogen and oxygen atoms in total. The second-order valence-electron chi connectivity index (χ2n) is 9.89. The molecule has 0 aliphatic carbocycles. The Morgan fingerprint density at radius 1 is 1.16 bits per heavy atom. The molecule has 0 saturated carbocycles. The van der Waals surface area contributed by atoms with Crippen molar-refractivity contribution in [3.63, 3.8) is 0 Å². The van der Waals surface area contributed by atoms with Gasteiger partial charge < -0.3 is 9.64 Å². The van der Waals surface area contributed by atoms with Crippen LogP contribution in [0.15, 0.2) is 17.0 Å². The van der Waals surface area contributed by atoms with Gasteiger partial charge in [-0.2, -0.15) is 22.6 Å². The summed E-state index contributed by atoms with van der Waals surface area (Å²) in [6.07, 6.45) is -1.08. The van der Waals surface area contributed by atoms with Crippen LogP contribution in [0.2, 0.25) is 0 Å². The fourth-order valence-electron chi connectivity index (χ4n) is 5.58. The van der Waals surface area contributed by atoms with Crippen LogP contribution >= 0.6 is 0 Å². The van der Waals surface area contributed by atoms with Gasteiger partial charge in [-0.25, -0.2) is 8.42 Å². The Kier molecular flexibility index (Phi) is 7.62. The summed E-state index contributed by atoms with van der Waals surface area (Å²) in [5.41, 5.74) is 0.761. The third kappa shape index (κ3) is 5.36. The maximum absolute atomic E-state index is 13.7. The molecule has 0 spiro atoms. The van der Waals surface area contributed by atoms with Crippen LogP contribution in [0.25, 0.3) is 0 Å². The molecular formula is C25H33F3N4O4S. The molecule has 3 heterocycles. The van der Waals surface area contributed by atoms with E-state index >= 15 is 0 Å². The second kappa shape index (κ2) is 10.3. The Balaban J connectivity index is 1.41. The lowest BCUT2D eigenvalue weighted by Crippen LogP contribution is -2.44. The molecule has 1 saturated heterocycles. The summed E-state index contributed by atoms with van der Waals surface area (Å²) >= 11 is 0. The van der Waals surface area contributed by atoms with Crippen molar-refractivity contribution < 1.29 is 31.1 Å². The van der Waals surface area contributed by atoms with Gasteiger partial charge in [0.2, 0.25) is 15.9 Å². The predicted molar refractivity (Wildman–Crippen MR) is 130 cm³/mol. The normalized spacial score (nSPS) is 18.8. The predicted octanol–water partition coefficient (Wildman–Crippen LogP) is 4.32. The standard InChI is InChI=1S/C25H33F3N4O4S/c1-16-12-19(36-4)13-17(2)23(16)37(34,35)32-11-6-5-8-18(32)9-7-10-22(33)31-14-20-21(15-31)30(3)29-24(20)25(26,27)28/h12-13,18H,5-11,14-15H2,1-4H3. The Hall–Kier alpha value is -2.60. The number of carbonyl (C=O) groups is 1. The number of hydrogen-bond acceptors (Lipinski definition) is 5. The minimum atomic E-state index is -4.57. The molecule has 0 bridgehead atoms. The van der Waals surface area contributed by atoms with Crippen LogP contribution in [0.3, 0.4) is 0 Å². The van der Waals surface area contributed by atoms with Gasteiger partial charge in [-0.3, -0.25) is 9.48 Å². The van der Waals surface area contributed by atoms with Gasteiger partial charge in [0.25, 0.3) is 0 Å². The molecule has 37 heavy (non-hydrogen) atoms. The molecule has 2 aromatic rings. The number of rotatable bonds is 7. The number of nitrogens with zero attached hydrogens (tertiary/aromatic N) is 4. The minimum Gasteiger partial charge on any atom is -0.497 e. The molecule has 1 aromatic heterocycles. The van der Waals surface area contributed by atoms with Crippen molar-refractivity contribution in [2.45, 2.75) is 82.6 Å². The first-order valence-corrected chi connectivity index (χ1v) is 13.9. The van der Waals surface area contributed by atoms with Crippen LogP contribution in [-0.4, -0.2) is 53.0 Å². The van der Waals surface area contributed by atoms with Crippen molar-refractivity contribution in [3.8, 4) is 5.75 Å². The van der Waals surface area contributed by atoms with E-state index < -0.39 is 21.9 Å². The van der Waals surface area contributed by atoms with Crippen molar-refractivity contribution in [3.05, 3.63) is 40.2 Å². The third-order valence-corrected chi connectivity index (χ3v) is 9.58. The molecule has 1 fully saturated rings. The zero-order valence-corrected chi connectivity index (χ0v) is 22.4. The fraction of sp³-hybridized carbons (Fsp3) is 0.600. The van der Waals surface area contributed by atoms with E-state index in [0.717, 1.165) is 12.8 Å². The molecule has 12 heteroatoms. The number of benzene rings is 1. The first-order valence-electron chi connectivity index (χ1n) is 12.4. The summed E-state index contributed by atoms with van der Waals surface area (Å²) in [5.74, 6) is 0.362. The van der Waals surface area contributed by atoms with E-state index in [1.807, 2.05) is 0 Å². The summed E-state index contributed by atoms with van der Waals surface area (Å²) < 4.78 is 75.3. The topological polar surface area (TPSA) is 84.7 Å². The highest BCUT2D eigenvalue weighted by Gasteiger charge is 2.42. The van der Waals surface area contributed by atoms with Crippen molar-refractivity contribution in [1.29, 1.82) is 0 Å².